The van der Waals surface area contributed by atoms with Crippen molar-refractivity contribution in [1.82, 2.24) is 0 Å². The van der Waals surface area contributed by atoms with Gasteiger partial charge >= 0.3 is 0 Å². The van der Waals surface area contributed by atoms with Crippen LogP contribution in [0.1, 0.15) is 37.7 Å². The summed E-state index contributed by atoms with van der Waals surface area (Å²) in [5, 5.41) is 0. The van der Waals surface area contributed by atoms with Crippen LogP contribution in [0, 0.1) is 29.4 Å². The minimum Gasteiger partial charge on any atom is -0.312 e. The van der Waals surface area contributed by atoms with Crippen LogP contribution in [0.4, 0.5) is 14.5 Å². The Morgan fingerprint density at radius 3 is 2.76 bits per heavy atom. The quantitative estimate of drug-likeness (QED) is 0.773. The number of halogens is 2. The zero-order valence-electron chi connectivity index (χ0n) is 11.9. The fourth-order valence-corrected chi connectivity index (χ4v) is 4.59. The summed E-state index contributed by atoms with van der Waals surface area (Å²) in [7, 11) is 0. The number of fused-ring (bicyclic) bond motifs is 3. The van der Waals surface area contributed by atoms with E-state index >= 15 is 0 Å². The van der Waals surface area contributed by atoms with Crippen LogP contribution >= 0.6 is 0 Å². The van der Waals surface area contributed by atoms with Crippen molar-refractivity contribution in [1.29, 1.82) is 0 Å². The topological polar surface area (TPSA) is 20.3 Å². The van der Waals surface area contributed by atoms with Crippen LogP contribution in [0.15, 0.2) is 12.1 Å². The van der Waals surface area contributed by atoms with E-state index in [2.05, 4.69) is 0 Å². The second-order valence-corrected chi connectivity index (χ2v) is 6.76. The molecule has 0 radical (unpaired) electrons. The van der Waals surface area contributed by atoms with E-state index in [0.717, 1.165) is 31.7 Å². The molecule has 0 saturated heterocycles. The van der Waals surface area contributed by atoms with Crippen LogP contribution in [0.2, 0.25) is 0 Å². The highest BCUT2D eigenvalue weighted by atomic mass is 19.1. The molecule has 21 heavy (non-hydrogen) atoms. The van der Waals surface area contributed by atoms with Crippen LogP contribution in [0.5, 0.6) is 0 Å². The lowest BCUT2D eigenvalue weighted by Crippen LogP contribution is -2.41. The number of rotatable bonds is 1. The second kappa shape index (κ2) is 4.79. The van der Waals surface area contributed by atoms with Crippen LogP contribution in [-0.2, 0) is 11.2 Å². The normalized spacial score (nSPS) is 30.6. The summed E-state index contributed by atoms with van der Waals surface area (Å²) >= 11 is 0. The second-order valence-electron chi connectivity index (χ2n) is 6.76. The SMILES string of the molecule is O=C([C@@H]1C[C@H]2CC[C@H]1C2)N1CCCc2c(F)cc(F)cc21. The number of amides is 1. The Morgan fingerprint density at radius 1 is 1.19 bits per heavy atom. The summed E-state index contributed by atoms with van der Waals surface area (Å²) in [5.41, 5.74) is 0.964. The molecule has 0 unspecified atom stereocenters. The van der Waals surface area contributed by atoms with E-state index in [4.69, 9.17) is 0 Å². The summed E-state index contributed by atoms with van der Waals surface area (Å²) < 4.78 is 27.5. The molecule has 0 N–H and O–H groups in total. The number of carbonyl (C=O) groups is 1. The molecule has 0 spiro atoms. The Bertz CT molecular complexity index is 601. The molecule has 2 aliphatic carbocycles. The summed E-state index contributed by atoms with van der Waals surface area (Å²) in [6.45, 7) is 0.586. The van der Waals surface area contributed by atoms with Gasteiger partial charge in [-0.15, -0.1) is 0 Å². The summed E-state index contributed by atoms with van der Waals surface area (Å²) in [6, 6.07) is 2.24. The third kappa shape index (κ3) is 2.07. The van der Waals surface area contributed by atoms with E-state index < -0.39 is 11.6 Å². The van der Waals surface area contributed by atoms with Gasteiger partial charge in [0.15, 0.2) is 0 Å². The third-order valence-electron chi connectivity index (χ3n) is 5.56. The zero-order valence-corrected chi connectivity index (χ0v) is 11.9. The van der Waals surface area contributed by atoms with Gasteiger partial charge in [-0.3, -0.25) is 4.79 Å². The number of nitrogens with zero attached hydrogens (tertiary/aromatic N) is 1. The third-order valence-corrected chi connectivity index (χ3v) is 5.56. The van der Waals surface area contributed by atoms with Crippen LogP contribution in [0.3, 0.4) is 0 Å². The number of carbonyl (C=O) groups excluding carboxylic acids is 1. The highest BCUT2D eigenvalue weighted by Gasteiger charge is 2.45. The van der Waals surface area contributed by atoms with E-state index in [1.807, 2.05) is 0 Å². The van der Waals surface area contributed by atoms with Gasteiger partial charge in [-0.1, -0.05) is 6.42 Å². The lowest BCUT2D eigenvalue weighted by atomic mass is 9.87. The first kappa shape index (κ1) is 13.2. The van der Waals surface area contributed by atoms with Gasteiger partial charge in [0, 0.05) is 24.1 Å². The molecular formula is C17H19F2NO. The summed E-state index contributed by atoms with van der Waals surface area (Å²) in [6.07, 6.45) is 5.85. The maximum atomic E-state index is 13.9. The van der Waals surface area contributed by atoms with Crippen molar-refractivity contribution in [2.75, 3.05) is 11.4 Å². The van der Waals surface area contributed by atoms with Crippen molar-refractivity contribution in [3.8, 4) is 0 Å². The van der Waals surface area contributed by atoms with Crippen molar-refractivity contribution in [3.05, 3.63) is 29.3 Å². The van der Waals surface area contributed by atoms with Gasteiger partial charge < -0.3 is 4.90 Å². The van der Waals surface area contributed by atoms with Gasteiger partial charge in [0.2, 0.25) is 5.91 Å². The molecule has 4 heteroatoms. The Morgan fingerprint density at radius 2 is 2.05 bits per heavy atom. The molecule has 0 aromatic heterocycles. The average molecular weight is 291 g/mol. The van der Waals surface area contributed by atoms with E-state index in [1.54, 1.807) is 4.90 Å². The van der Waals surface area contributed by atoms with Gasteiger partial charge in [0.1, 0.15) is 11.6 Å². The Balaban J connectivity index is 1.67. The van der Waals surface area contributed by atoms with Crippen molar-refractivity contribution in [2.45, 2.75) is 38.5 Å². The van der Waals surface area contributed by atoms with Gasteiger partial charge in [-0.05, 0) is 50.0 Å². The van der Waals surface area contributed by atoms with Crippen molar-refractivity contribution in [2.24, 2.45) is 17.8 Å². The molecule has 1 aromatic carbocycles. The summed E-state index contributed by atoms with van der Waals surface area (Å²) in [4.78, 5) is 14.5. The first-order chi connectivity index (χ1) is 10.1. The van der Waals surface area contributed by atoms with E-state index in [9.17, 15) is 13.6 Å². The van der Waals surface area contributed by atoms with E-state index in [1.165, 1.54) is 12.5 Å². The van der Waals surface area contributed by atoms with Crippen LogP contribution in [0.25, 0.3) is 0 Å². The fraction of sp³-hybridized carbons (Fsp3) is 0.588. The maximum Gasteiger partial charge on any atom is 0.230 e. The van der Waals surface area contributed by atoms with Gasteiger partial charge in [0.05, 0.1) is 5.69 Å². The molecule has 112 valence electrons. The highest BCUT2D eigenvalue weighted by molar-refractivity contribution is 5.96. The Hall–Kier alpha value is -1.45. The maximum absolute atomic E-state index is 13.9. The van der Waals surface area contributed by atoms with Crippen LogP contribution < -0.4 is 4.90 Å². The number of anilines is 1. The predicted molar refractivity (Wildman–Crippen MR) is 76.0 cm³/mol. The first-order valence-electron chi connectivity index (χ1n) is 7.93. The van der Waals surface area contributed by atoms with Crippen molar-refractivity contribution in [3.63, 3.8) is 0 Å². The molecule has 3 aliphatic rings. The molecule has 2 nitrogen and oxygen atoms in total. The van der Waals surface area contributed by atoms with E-state index in [-0.39, 0.29) is 11.8 Å². The van der Waals surface area contributed by atoms with Gasteiger partial charge in [0.25, 0.3) is 0 Å². The minimum absolute atomic E-state index is 0.0704. The summed E-state index contributed by atoms with van der Waals surface area (Å²) in [5.74, 6) is 0.229. The fourth-order valence-electron chi connectivity index (χ4n) is 4.59. The minimum atomic E-state index is -0.598. The zero-order chi connectivity index (χ0) is 14.6. The van der Waals surface area contributed by atoms with Gasteiger partial charge in [-0.2, -0.15) is 0 Å². The first-order valence-corrected chi connectivity index (χ1v) is 7.93. The highest BCUT2D eigenvalue weighted by Crippen LogP contribution is 2.49. The van der Waals surface area contributed by atoms with Gasteiger partial charge in [-0.25, -0.2) is 8.78 Å². The monoisotopic (exact) mass is 291 g/mol. The molecule has 2 saturated carbocycles. The molecule has 4 rings (SSSR count). The molecular weight excluding hydrogens is 272 g/mol. The number of benzene rings is 1. The molecule has 1 heterocycles. The largest absolute Gasteiger partial charge is 0.312 e. The molecule has 1 amide bonds. The standard InChI is InChI=1S/C17H19F2NO/c18-12-8-15(19)13-2-1-5-20(16(13)9-12)17(21)14-7-10-3-4-11(14)6-10/h8-11,14H,1-7H2/t10-,11-,14+/m0/s1. The smallest absolute Gasteiger partial charge is 0.230 e. The van der Waals surface area contributed by atoms with Crippen molar-refractivity contribution < 1.29 is 13.6 Å². The molecule has 3 atom stereocenters. The Labute approximate surface area is 123 Å². The Kier molecular flexibility index (Phi) is 3.02. The van der Waals surface area contributed by atoms with Crippen molar-refractivity contribution >= 4 is 11.6 Å². The lowest BCUT2D eigenvalue weighted by molar-refractivity contribution is -0.124. The van der Waals surface area contributed by atoms with Crippen LogP contribution in [-0.4, -0.2) is 12.5 Å². The molecule has 2 bridgehead atoms. The molecule has 2 fully saturated rings. The van der Waals surface area contributed by atoms with E-state index in [0.29, 0.717) is 36.1 Å². The lowest BCUT2D eigenvalue weighted by Gasteiger charge is -2.34. The predicted octanol–water partition coefficient (Wildman–Crippen LogP) is 3.68. The number of hydrogen-bond donors (Lipinski definition) is 0. The molecule has 1 aromatic rings. The average Bonchev–Trinajstić information content (AvgIpc) is 3.08. The molecule has 1 aliphatic heterocycles. The number of hydrogen-bond acceptors (Lipinski definition) is 1.